The zero-order valence-electron chi connectivity index (χ0n) is 7.60. The number of aromatic nitrogens is 2. The standard InChI is InChI=1S/C8H11N3O2S/c9-14(12,13)8-6-3-1-2-4-7(6)10-5-11-8/h5H,1-4H2,(H2,9,12,13). The molecular weight excluding hydrogens is 202 g/mol. The van der Waals surface area contributed by atoms with E-state index >= 15 is 0 Å². The van der Waals surface area contributed by atoms with Crippen molar-refractivity contribution >= 4 is 10.0 Å². The van der Waals surface area contributed by atoms with Crippen molar-refractivity contribution in [2.45, 2.75) is 30.7 Å². The maximum Gasteiger partial charge on any atom is 0.255 e. The molecule has 0 unspecified atom stereocenters. The van der Waals surface area contributed by atoms with Crippen LogP contribution >= 0.6 is 0 Å². The highest BCUT2D eigenvalue weighted by Gasteiger charge is 2.21. The quantitative estimate of drug-likeness (QED) is 0.665. The average Bonchev–Trinajstić information content (AvgIpc) is 2.15. The second-order valence-corrected chi connectivity index (χ2v) is 4.83. The Morgan fingerprint density at radius 1 is 1.21 bits per heavy atom. The molecule has 0 fully saturated rings. The molecule has 0 saturated heterocycles. The highest BCUT2D eigenvalue weighted by atomic mass is 32.2. The van der Waals surface area contributed by atoms with Gasteiger partial charge in [-0.2, -0.15) is 0 Å². The van der Waals surface area contributed by atoms with Gasteiger partial charge < -0.3 is 0 Å². The molecule has 1 aromatic rings. The van der Waals surface area contributed by atoms with Crippen LogP contribution in [-0.4, -0.2) is 18.4 Å². The van der Waals surface area contributed by atoms with Crippen molar-refractivity contribution < 1.29 is 8.42 Å². The summed E-state index contributed by atoms with van der Waals surface area (Å²) in [5.41, 5.74) is 1.54. The van der Waals surface area contributed by atoms with Crippen molar-refractivity contribution in [1.29, 1.82) is 0 Å². The molecule has 0 saturated carbocycles. The van der Waals surface area contributed by atoms with Gasteiger partial charge in [-0.15, -0.1) is 0 Å². The summed E-state index contributed by atoms with van der Waals surface area (Å²) in [5.74, 6) is 0. The first kappa shape index (κ1) is 9.54. The van der Waals surface area contributed by atoms with E-state index in [9.17, 15) is 8.42 Å². The Labute approximate surface area is 82.4 Å². The molecule has 2 N–H and O–H groups in total. The Hall–Kier alpha value is -1.01. The third kappa shape index (κ3) is 1.62. The van der Waals surface area contributed by atoms with Gasteiger partial charge in [0.2, 0.25) is 0 Å². The normalized spacial score (nSPS) is 16.4. The number of hydrogen-bond acceptors (Lipinski definition) is 4. The van der Waals surface area contributed by atoms with Crippen molar-refractivity contribution in [2.24, 2.45) is 5.14 Å². The van der Waals surface area contributed by atoms with Gasteiger partial charge in [-0.3, -0.25) is 0 Å². The zero-order valence-corrected chi connectivity index (χ0v) is 8.42. The monoisotopic (exact) mass is 213 g/mol. The molecule has 76 valence electrons. The summed E-state index contributed by atoms with van der Waals surface area (Å²) < 4.78 is 22.4. The fourth-order valence-corrected chi connectivity index (χ4v) is 2.49. The summed E-state index contributed by atoms with van der Waals surface area (Å²) >= 11 is 0. The van der Waals surface area contributed by atoms with Gasteiger partial charge in [0, 0.05) is 11.3 Å². The first-order valence-electron chi connectivity index (χ1n) is 4.44. The fraction of sp³-hybridized carbons (Fsp3) is 0.500. The van der Waals surface area contributed by atoms with E-state index < -0.39 is 10.0 Å². The number of fused-ring (bicyclic) bond motifs is 1. The third-order valence-electron chi connectivity index (χ3n) is 2.35. The van der Waals surface area contributed by atoms with Crippen LogP contribution < -0.4 is 5.14 Å². The van der Waals surface area contributed by atoms with E-state index in [0.29, 0.717) is 12.0 Å². The molecule has 6 heteroatoms. The second-order valence-electron chi connectivity index (χ2n) is 3.36. The minimum Gasteiger partial charge on any atom is -0.241 e. The van der Waals surface area contributed by atoms with Gasteiger partial charge in [-0.1, -0.05) is 0 Å². The van der Waals surface area contributed by atoms with Gasteiger partial charge in [0.15, 0.2) is 5.03 Å². The Morgan fingerprint density at radius 3 is 2.64 bits per heavy atom. The third-order valence-corrected chi connectivity index (χ3v) is 3.25. The molecule has 2 rings (SSSR count). The van der Waals surface area contributed by atoms with E-state index in [2.05, 4.69) is 9.97 Å². The molecule has 0 aromatic carbocycles. The summed E-state index contributed by atoms with van der Waals surface area (Å²) in [6, 6.07) is 0. The second kappa shape index (κ2) is 3.29. The number of nitrogens with two attached hydrogens (primary N) is 1. The van der Waals surface area contributed by atoms with E-state index in [0.717, 1.165) is 25.0 Å². The summed E-state index contributed by atoms with van der Waals surface area (Å²) in [4.78, 5) is 7.80. The van der Waals surface area contributed by atoms with E-state index in [1.165, 1.54) is 6.33 Å². The summed E-state index contributed by atoms with van der Waals surface area (Å²) in [6.07, 6.45) is 4.82. The maximum atomic E-state index is 11.2. The summed E-state index contributed by atoms with van der Waals surface area (Å²) in [6.45, 7) is 0. The van der Waals surface area contributed by atoms with Crippen LogP contribution in [0.4, 0.5) is 0 Å². The van der Waals surface area contributed by atoms with Crippen molar-refractivity contribution in [3.63, 3.8) is 0 Å². The van der Waals surface area contributed by atoms with Crippen LogP contribution in [0, 0.1) is 0 Å². The van der Waals surface area contributed by atoms with Crippen molar-refractivity contribution in [1.82, 2.24) is 9.97 Å². The molecule has 14 heavy (non-hydrogen) atoms. The highest BCUT2D eigenvalue weighted by Crippen LogP contribution is 2.22. The largest absolute Gasteiger partial charge is 0.255 e. The lowest BCUT2D eigenvalue weighted by Crippen LogP contribution is -2.20. The van der Waals surface area contributed by atoms with Crippen LogP contribution in [0.15, 0.2) is 11.4 Å². The average molecular weight is 213 g/mol. The molecule has 0 amide bonds. The van der Waals surface area contributed by atoms with Gasteiger partial charge in [0.25, 0.3) is 10.0 Å². The fourth-order valence-electron chi connectivity index (χ4n) is 1.74. The molecule has 0 bridgehead atoms. The van der Waals surface area contributed by atoms with Gasteiger partial charge >= 0.3 is 0 Å². The van der Waals surface area contributed by atoms with E-state index in [1.807, 2.05) is 0 Å². The van der Waals surface area contributed by atoms with Crippen molar-refractivity contribution in [3.05, 3.63) is 17.6 Å². The Balaban J connectivity index is 2.62. The van der Waals surface area contributed by atoms with E-state index in [4.69, 9.17) is 5.14 Å². The molecule has 0 spiro atoms. The molecule has 5 nitrogen and oxygen atoms in total. The van der Waals surface area contributed by atoms with Gasteiger partial charge in [0.05, 0.1) is 0 Å². The Morgan fingerprint density at radius 2 is 1.93 bits per heavy atom. The highest BCUT2D eigenvalue weighted by molar-refractivity contribution is 7.89. The number of sulfonamides is 1. The molecule has 1 aliphatic carbocycles. The molecule has 0 atom stereocenters. The molecule has 0 aliphatic heterocycles. The Bertz CT molecular complexity index is 456. The van der Waals surface area contributed by atoms with Crippen LogP contribution in [0.2, 0.25) is 0 Å². The topological polar surface area (TPSA) is 85.9 Å². The van der Waals surface area contributed by atoms with Crippen molar-refractivity contribution in [2.75, 3.05) is 0 Å². The van der Waals surface area contributed by atoms with Crippen LogP contribution in [0.5, 0.6) is 0 Å². The van der Waals surface area contributed by atoms with Crippen molar-refractivity contribution in [3.8, 4) is 0 Å². The predicted molar refractivity (Wildman–Crippen MR) is 50.0 cm³/mol. The predicted octanol–water partition coefficient (Wildman–Crippen LogP) is 0.00280. The zero-order chi connectivity index (χ0) is 10.2. The lowest BCUT2D eigenvalue weighted by atomic mass is 9.98. The molecule has 1 heterocycles. The number of primary sulfonamides is 1. The molecule has 1 aliphatic rings. The molecular formula is C8H11N3O2S. The lowest BCUT2D eigenvalue weighted by molar-refractivity contribution is 0.583. The number of rotatable bonds is 1. The lowest BCUT2D eigenvalue weighted by Gasteiger charge is -2.15. The first-order chi connectivity index (χ1) is 6.59. The SMILES string of the molecule is NS(=O)(=O)c1ncnc2c1CCCC2. The summed E-state index contributed by atoms with van der Waals surface area (Å²) in [7, 11) is -3.70. The number of hydrogen-bond donors (Lipinski definition) is 1. The van der Waals surface area contributed by atoms with E-state index in [1.54, 1.807) is 0 Å². The van der Waals surface area contributed by atoms with Gasteiger partial charge in [-0.25, -0.2) is 23.5 Å². The maximum absolute atomic E-state index is 11.2. The molecule has 0 radical (unpaired) electrons. The van der Waals surface area contributed by atoms with Crippen LogP contribution in [0.3, 0.4) is 0 Å². The van der Waals surface area contributed by atoms with Crippen LogP contribution in [0.1, 0.15) is 24.1 Å². The number of nitrogens with zero attached hydrogens (tertiary/aromatic N) is 2. The van der Waals surface area contributed by atoms with Crippen LogP contribution in [0.25, 0.3) is 0 Å². The van der Waals surface area contributed by atoms with Gasteiger partial charge in [0.1, 0.15) is 6.33 Å². The first-order valence-corrected chi connectivity index (χ1v) is 5.99. The minimum absolute atomic E-state index is 0.00204. The smallest absolute Gasteiger partial charge is 0.241 e. The summed E-state index contributed by atoms with van der Waals surface area (Å²) in [5, 5.41) is 5.06. The Kier molecular flexibility index (Phi) is 2.24. The molecule has 1 aromatic heterocycles. The number of aryl methyl sites for hydroxylation is 1. The minimum atomic E-state index is -3.70. The van der Waals surface area contributed by atoms with E-state index in [-0.39, 0.29) is 5.03 Å². The van der Waals surface area contributed by atoms with Crippen LogP contribution in [-0.2, 0) is 22.9 Å². The van der Waals surface area contributed by atoms with Gasteiger partial charge in [-0.05, 0) is 25.7 Å².